The Kier molecular flexibility index (Phi) is 3.82. The topological polar surface area (TPSA) is 49.9 Å². The maximum absolute atomic E-state index is 12.6. The van der Waals surface area contributed by atoms with Crippen LogP contribution in [-0.2, 0) is 9.59 Å². The number of hydrogen-bond donors (Lipinski definition) is 0. The van der Waals surface area contributed by atoms with Crippen molar-refractivity contribution in [1.82, 2.24) is 4.90 Å². The van der Waals surface area contributed by atoms with Crippen LogP contribution in [-0.4, -0.2) is 43.0 Å². The molecule has 112 valence electrons. The Morgan fingerprint density at radius 3 is 2.48 bits per heavy atom. The summed E-state index contributed by atoms with van der Waals surface area (Å²) < 4.78 is 5.14. The van der Waals surface area contributed by atoms with Gasteiger partial charge in [0.1, 0.15) is 11.8 Å². The number of likely N-dealkylation sites (tertiary alicyclic amines) is 1. The highest BCUT2D eigenvalue weighted by atomic mass is 16.5. The van der Waals surface area contributed by atoms with Crippen molar-refractivity contribution in [2.75, 3.05) is 25.1 Å². The summed E-state index contributed by atoms with van der Waals surface area (Å²) in [5.74, 6) is 0.861. The SMILES string of the molecule is COc1ccc(N2C(=O)CCC2C(=O)N2CCCC2)cc1. The molecule has 2 amide bonds. The Morgan fingerprint density at radius 1 is 1.19 bits per heavy atom. The summed E-state index contributed by atoms with van der Waals surface area (Å²) in [6, 6.07) is 6.97. The summed E-state index contributed by atoms with van der Waals surface area (Å²) in [6.45, 7) is 1.64. The lowest BCUT2D eigenvalue weighted by Crippen LogP contribution is -2.46. The minimum absolute atomic E-state index is 0.0257. The highest BCUT2D eigenvalue weighted by Gasteiger charge is 2.39. The molecule has 21 heavy (non-hydrogen) atoms. The molecule has 1 aromatic rings. The molecule has 0 N–H and O–H groups in total. The third kappa shape index (κ3) is 2.60. The van der Waals surface area contributed by atoms with Crippen LogP contribution in [0.1, 0.15) is 25.7 Å². The summed E-state index contributed by atoms with van der Waals surface area (Å²) >= 11 is 0. The predicted octanol–water partition coefficient (Wildman–Crippen LogP) is 1.81. The van der Waals surface area contributed by atoms with E-state index in [1.165, 1.54) is 0 Å². The molecule has 2 fully saturated rings. The second-order valence-electron chi connectivity index (χ2n) is 5.55. The number of nitrogens with zero attached hydrogens (tertiary/aromatic N) is 2. The molecule has 0 aromatic heterocycles. The fourth-order valence-electron chi connectivity index (χ4n) is 3.13. The maximum Gasteiger partial charge on any atom is 0.245 e. The van der Waals surface area contributed by atoms with E-state index < -0.39 is 0 Å². The smallest absolute Gasteiger partial charge is 0.245 e. The van der Waals surface area contributed by atoms with Gasteiger partial charge in [-0.15, -0.1) is 0 Å². The Hall–Kier alpha value is -2.04. The van der Waals surface area contributed by atoms with Gasteiger partial charge >= 0.3 is 0 Å². The van der Waals surface area contributed by atoms with Gasteiger partial charge in [-0.05, 0) is 43.5 Å². The highest BCUT2D eigenvalue weighted by Crippen LogP contribution is 2.29. The van der Waals surface area contributed by atoms with Gasteiger partial charge in [-0.2, -0.15) is 0 Å². The number of rotatable bonds is 3. The Bertz CT molecular complexity index is 535. The average Bonchev–Trinajstić information content (AvgIpc) is 3.16. The van der Waals surface area contributed by atoms with Crippen LogP contribution in [0.2, 0.25) is 0 Å². The molecule has 0 aliphatic carbocycles. The van der Waals surface area contributed by atoms with E-state index in [9.17, 15) is 9.59 Å². The van der Waals surface area contributed by atoms with Crippen LogP contribution in [0.5, 0.6) is 5.75 Å². The van der Waals surface area contributed by atoms with E-state index in [2.05, 4.69) is 0 Å². The van der Waals surface area contributed by atoms with Crippen molar-refractivity contribution in [2.24, 2.45) is 0 Å². The molecule has 5 nitrogen and oxygen atoms in total. The molecular weight excluding hydrogens is 268 g/mol. The molecular formula is C16H20N2O3. The Labute approximate surface area is 124 Å². The molecule has 1 aromatic carbocycles. The van der Waals surface area contributed by atoms with Crippen LogP contribution in [0.15, 0.2) is 24.3 Å². The molecule has 0 radical (unpaired) electrons. The first-order chi connectivity index (χ1) is 10.2. The van der Waals surface area contributed by atoms with E-state index in [1.807, 2.05) is 29.2 Å². The molecule has 2 aliphatic rings. The van der Waals surface area contributed by atoms with Crippen LogP contribution >= 0.6 is 0 Å². The zero-order valence-electron chi connectivity index (χ0n) is 12.2. The van der Waals surface area contributed by atoms with Crippen molar-refractivity contribution in [3.05, 3.63) is 24.3 Å². The first kappa shape index (κ1) is 13.9. The third-order valence-electron chi connectivity index (χ3n) is 4.27. The van der Waals surface area contributed by atoms with Crippen LogP contribution in [0.25, 0.3) is 0 Å². The van der Waals surface area contributed by atoms with E-state index in [0.717, 1.165) is 37.4 Å². The van der Waals surface area contributed by atoms with Gasteiger partial charge in [-0.25, -0.2) is 0 Å². The van der Waals surface area contributed by atoms with Gasteiger partial charge in [-0.3, -0.25) is 14.5 Å². The molecule has 0 spiro atoms. The number of ether oxygens (including phenoxy) is 1. The van der Waals surface area contributed by atoms with Gasteiger partial charge in [-0.1, -0.05) is 0 Å². The van der Waals surface area contributed by atoms with Gasteiger partial charge in [0.15, 0.2) is 0 Å². The van der Waals surface area contributed by atoms with Crippen molar-refractivity contribution in [3.8, 4) is 5.75 Å². The number of amides is 2. The molecule has 0 bridgehead atoms. The molecule has 3 rings (SSSR count). The van der Waals surface area contributed by atoms with Crippen LogP contribution in [0.3, 0.4) is 0 Å². The number of hydrogen-bond acceptors (Lipinski definition) is 3. The fourth-order valence-corrected chi connectivity index (χ4v) is 3.13. The lowest BCUT2D eigenvalue weighted by atomic mass is 10.1. The highest BCUT2D eigenvalue weighted by molar-refractivity contribution is 6.03. The summed E-state index contributed by atoms with van der Waals surface area (Å²) in [6.07, 6.45) is 3.18. The molecule has 1 unspecified atom stereocenters. The summed E-state index contributed by atoms with van der Waals surface area (Å²) in [7, 11) is 1.61. The average molecular weight is 288 g/mol. The van der Waals surface area contributed by atoms with Crippen molar-refractivity contribution >= 4 is 17.5 Å². The first-order valence-electron chi connectivity index (χ1n) is 7.45. The number of methoxy groups -OCH3 is 1. The van der Waals surface area contributed by atoms with Gasteiger partial charge in [0.25, 0.3) is 0 Å². The van der Waals surface area contributed by atoms with Crippen molar-refractivity contribution in [1.29, 1.82) is 0 Å². The van der Waals surface area contributed by atoms with Crippen molar-refractivity contribution in [3.63, 3.8) is 0 Å². The third-order valence-corrected chi connectivity index (χ3v) is 4.27. The molecule has 1 atom stereocenters. The molecule has 0 saturated carbocycles. The molecule has 2 saturated heterocycles. The predicted molar refractivity (Wildman–Crippen MR) is 79.3 cm³/mol. The normalized spacial score (nSPS) is 22.0. The maximum atomic E-state index is 12.6. The first-order valence-corrected chi connectivity index (χ1v) is 7.45. The fraction of sp³-hybridized carbons (Fsp3) is 0.500. The number of benzene rings is 1. The monoisotopic (exact) mass is 288 g/mol. The summed E-state index contributed by atoms with van der Waals surface area (Å²) in [5.41, 5.74) is 0.774. The van der Waals surface area contributed by atoms with Crippen molar-refractivity contribution < 1.29 is 14.3 Å². The molecule has 5 heteroatoms. The van der Waals surface area contributed by atoms with Gasteiger partial charge < -0.3 is 9.64 Å². The van der Waals surface area contributed by atoms with Crippen LogP contribution < -0.4 is 9.64 Å². The van der Waals surface area contributed by atoms with E-state index in [0.29, 0.717) is 12.8 Å². The van der Waals surface area contributed by atoms with E-state index >= 15 is 0 Å². The van der Waals surface area contributed by atoms with Gasteiger partial charge in [0.2, 0.25) is 11.8 Å². The van der Waals surface area contributed by atoms with Crippen LogP contribution in [0, 0.1) is 0 Å². The number of anilines is 1. The lowest BCUT2D eigenvalue weighted by molar-refractivity contribution is -0.132. The number of carbonyl (C=O) groups is 2. The Balaban J connectivity index is 1.82. The van der Waals surface area contributed by atoms with Crippen LogP contribution in [0.4, 0.5) is 5.69 Å². The standard InChI is InChI=1S/C16H20N2O3/c1-21-13-6-4-12(5-7-13)18-14(8-9-15(18)19)16(20)17-10-2-3-11-17/h4-7,14H,2-3,8-11H2,1H3. The van der Waals surface area contributed by atoms with E-state index in [4.69, 9.17) is 4.74 Å². The minimum atomic E-state index is -0.344. The van der Waals surface area contributed by atoms with Gasteiger partial charge in [0.05, 0.1) is 7.11 Å². The minimum Gasteiger partial charge on any atom is -0.497 e. The zero-order chi connectivity index (χ0) is 14.8. The number of carbonyl (C=O) groups excluding carboxylic acids is 2. The zero-order valence-corrected chi connectivity index (χ0v) is 12.2. The largest absolute Gasteiger partial charge is 0.497 e. The van der Waals surface area contributed by atoms with E-state index in [-0.39, 0.29) is 17.9 Å². The van der Waals surface area contributed by atoms with Gasteiger partial charge in [0, 0.05) is 25.2 Å². The molecule has 2 heterocycles. The van der Waals surface area contributed by atoms with E-state index in [1.54, 1.807) is 12.0 Å². The summed E-state index contributed by atoms with van der Waals surface area (Å²) in [4.78, 5) is 28.3. The van der Waals surface area contributed by atoms with Crippen molar-refractivity contribution in [2.45, 2.75) is 31.7 Å². The quantitative estimate of drug-likeness (QED) is 0.852. The second kappa shape index (κ2) is 5.76. The lowest BCUT2D eigenvalue weighted by Gasteiger charge is -2.28. The Morgan fingerprint density at radius 2 is 1.86 bits per heavy atom. The summed E-state index contributed by atoms with van der Waals surface area (Å²) in [5, 5.41) is 0. The molecule has 2 aliphatic heterocycles. The second-order valence-corrected chi connectivity index (χ2v) is 5.55.